The molecule has 6 heteroatoms. The highest BCUT2D eigenvalue weighted by molar-refractivity contribution is 5.79. The number of hydrogen-bond acceptors (Lipinski definition) is 2. The van der Waals surface area contributed by atoms with Crippen LogP contribution >= 0.6 is 0 Å². The van der Waals surface area contributed by atoms with Gasteiger partial charge < -0.3 is 10.1 Å². The lowest BCUT2D eigenvalue weighted by Crippen LogP contribution is -2.26. The van der Waals surface area contributed by atoms with E-state index in [2.05, 4.69) is 29.3 Å². The van der Waals surface area contributed by atoms with Gasteiger partial charge in [-0.15, -0.1) is 0 Å². The molecule has 3 nitrogen and oxygen atoms in total. The quantitative estimate of drug-likeness (QED) is 0.349. The van der Waals surface area contributed by atoms with Crippen molar-refractivity contribution in [2.75, 3.05) is 13.2 Å². The summed E-state index contributed by atoms with van der Waals surface area (Å²) in [6, 6.07) is 18.0. The molecule has 0 heterocycles. The number of fused-ring (bicyclic) bond motifs is 3. The molecule has 3 aromatic carbocycles. The second-order valence-electron chi connectivity index (χ2n) is 7.03. The van der Waals surface area contributed by atoms with Crippen LogP contribution < -0.4 is 5.32 Å². The maximum atomic E-state index is 13.6. The van der Waals surface area contributed by atoms with E-state index < -0.39 is 23.5 Å². The monoisotopic (exact) mass is 421 g/mol. The summed E-state index contributed by atoms with van der Waals surface area (Å²) in [4.78, 5) is 12.1. The maximum Gasteiger partial charge on any atom is 0.407 e. The van der Waals surface area contributed by atoms with Gasteiger partial charge in [0.05, 0.1) is 5.56 Å². The zero-order valence-electron chi connectivity index (χ0n) is 16.4. The summed E-state index contributed by atoms with van der Waals surface area (Å²) in [5, 5.41) is 2.58. The molecule has 0 unspecified atom stereocenters. The minimum atomic E-state index is -1.55. The van der Waals surface area contributed by atoms with Crippen molar-refractivity contribution in [1.82, 2.24) is 5.32 Å². The number of carbonyl (C=O) groups is 1. The van der Waals surface area contributed by atoms with Crippen molar-refractivity contribution in [1.29, 1.82) is 0 Å². The number of ether oxygens (including phenoxy) is 1. The smallest absolute Gasteiger partial charge is 0.407 e. The normalized spacial score (nSPS) is 11.8. The van der Waals surface area contributed by atoms with E-state index in [0.717, 1.165) is 34.4 Å². The van der Waals surface area contributed by atoms with E-state index in [0.29, 0.717) is 0 Å². The molecule has 3 aromatic rings. The minimum absolute atomic E-state index is 0.0331. The summed E-state index contributed by atoms with van der Waals surface area (Å²) in [6.07, 6.45) is -0.384. The lowest BCUT2D eigenvalue weighted by Gasteiger charge is -2.14. The van der Waals surface area contributed by atoms with Crippen molar-refractivity contribution in [3.63, 3.8) is 0 Å². The van der Waals surface area contributed by atoms with Gasteiger partial charge in [0.1, 0.15) is 6.61 Å². The first-order valence-electron chi connectivity index (χ1n) is 9.77. The van der Waals surface area contributed by atoms with Gasteiger partial charge in [0.25, 0.3) is 0 Å². The second kappa shape index (κ2) is 8.97. The van der Waals surface area contributed by atoms with Gasteiger partial charge in [-0.3, -0.25) is 0 Å². The van der Waals surface area contributed by atoms with E-state index in [9.17, 15) is 18.0 Å². The first kappa shape index (κ1) is 20.5. The lowest BCUT2D eigenvalue weighted by atomic mass is 9.98. The van der Waals surface area contributed by atoms with Crippen molar-refractivity contribution in [2.24, 2.45) is 0 Å². The number of hydrogen-bond donors (Lipinski definition) is 1. The Bertz CT molecular complexity index is 1150. The second-order valence-corrected chi connectivity index (χ2v) is 7.03. The Hall–Kier alpha value is -3.72. The fourth-order valence-electron chi connectivity index (χ4n) is 3.66. The number of carbonyl (C=O) groups excluding carboxylic acids is 1. The van der Waals surface area contributed by atoms with Gasteiger partial charge in [-0.2, -0.15) is 0 Å². The maximum absolute atomic E-state index is 13.6. The number of halogens is 3. The molecule has 1 amide bonds. The van der Waals surface area contributed by atoms with Crippen LogP contribution in [0.25, 0.3) is 11.1 Å². The van der Waals surface area contributed by atoms with Crippen molar-refractivity contribution in [3.8, 4) is 23.0 Å². The Balaban J connectivity index is 1.30. The van der Waals surface area contributed by atoms with E-state index in [-0.39, 0.29) is 31.1 Å². The number of benzene rings is 3. The van der Waals surface area contributed by atoms with Crippen LogP contribution in [0.1, 0.15) is 29.0 Å². The molecule has 0 atom stereocenters. The number of nitrogens with one attached hydrogen (secondary N) is 1. The average Bonchev–Trinajstić information content (AvgIpc) is 3.11. The van der Waals surface area contributed by atoms with Crippen LogP contribution in [-0.4, -0.2) is 19.2 Å². The molecule has 0 aliphatic heterocycles. The Kier molecular flexibility index (Phi) is 5.94. The number of alkyl carbamates (subject to hydrolysis) is 1. The van der Waals surface area contributed by atoms with Crippen LogP contribution in [0.3, 0.4) is 0 Å². The topological polar surface area (TPSA) is 38.3 Å². The molecule has 4 rings (SSSR count). The SMILES string of the molecule is O=C(NCCC#Cc1ccc(F)c(F)c1F)OCC1c2ccccc2-c2ccccc21. The third-order valence-corrected chi connectivity index (χ3v) is 5.12. The average molecular weight is 421 g/mol. The summed E-state index contributed by atoms with van der Waals surface area (Å²) < 4.78 is 45.0. The highest BCUT2D eigenvalue weighted by Crippen LogP contribution is 2.44. The van der Waals surface area contributed by atoms with Crippen LogP contribution in [0.5, 0.6) is 0 Å². The molecule has 0 fully saturated rings. The summed E-state index contributed by atoms with van der Waals surface area (Å²) in [5.41, 5.74) is 4.30. The van der Waals surface area contributed by atoms with E-state index in [1.54, 1.807) is 0 Å². The third-order valence-electron chi connectivity index (χ3n) is 5.12. The fraction of sp³-hybridized carbons (Fsp3) is 0.160. The molecule has 1 aliphatic carbocycles. The highest BCUT2D eigenvalue weighted by Gasteiger charge is 2.28. The molecule has 0 spiro atoms. The minimum Gasteiger partial charge on any atom is -0.449 e. The van der Waals surface area contributed by atoms with Gasteiger partial charge in [-0.1, -0.05) is 60.4 Å². The van der Waals surface area contributed by atoms with Gasteiger partial charge >= 0.3 is 6.09 Å². The molecule has 156 valence electrons. The molecule has 1 aliphatic rings. The molecular weight excluding hydrogens is 403 g/mol. The molecule has 0 saturated heterocycles. The Morgan fingerprint density at radius 1 is 0.903 bits per heavy atom. The zero-order chi connectivity index (χ0) is 21.8. The molecule has 0 saturated carbocycles. The van der Waals surface area contributed by atoms with Crippen LogP contribution in [-0.2, 0) is 4.74 Å². The largest absolute Gasteiger partial charge is 0.449 e. The summed E-state index contributed by atoms with van der Waals surface area (Å²) >= 11 is 0. The van der Waals surface area contributed by atoms with Crippen LogP contribution in [0, 0.1) is 29.3 Å². The highest BCUT2D eigenvalue weighted by atomic mass is 19.2. The van der Waals surface area contributed by atoms with Crippen LogP contribution in [0.2, 0.25) is 0 Å². The van der Waals surface area contributed by atoms with Crippen molar-refractivity contribution < 1.29 is 22.7 Å². The van der Waals surface area contributed by atoms with Gasteiger partial charge in [0.2, 0.25) is 0 Å². The predicted molar refractivity (Wildman–Crippen MR) is 111 cm³/mol. The first-order valence-corrected chi connectivity index (χ1v) is 9.77. The standard InChI is InChI=1S/C25H18F3NO2/c26-22-13-12-16(23(27)24(22)28)7-5-6-14-29-25(30)31-15-21-19-10-3-1-8-17(19)18-9-2-4-11-20(18)21/h1-4,8-13,21H,6,14-15H2,(H,29,30). The molecule has 0 aromatic heterocycles. The molecule has 0 bridgehead atoms. The Morgan fingerprint density at radius 2 is 1.55 bits per heavy atom. The first-order chi connectivity index (χ1) is 15.1. The van der Waals surface area contributed by atoms with E-state index >= 15 is 0 Å². The molecule has 31 heavy (non-hydrogen) atoms. The van der Waals surface area contributed by atoms with Crippen molar-refractivity contribution in [2.45, 2.75) is 12.3 Å². The number of rotatable bonds is 4. The fourth-order valence-corrected chi connectivity index (χ4v) is 3.66. The van der Waals surface area contributed by atoms with Crippen LogP contribution in [0.4, 0.5) is 18.0 Å². The summed E-state index contributed by atoms with van der Waals surface area (Å²) in [5.74, 6) is 0.877. The predicted octanol–water partition coefficient (Wildman–Crippen LogP) is 5.38. The van der Waals surface area contributed by atoms with Crippen LogP contribution in [0.15, 0.2) is 60.7 Å². The van der Waals surface area contributed by atoms with Gasteiger partial charge in [0.15, 0.2) is 17.5 Å². The van der Waals surface area contributed by atoms with Gasteiger partial charge in [-0.05, 0) is 34.4 Å². The summed E-state index contributed by atoms with van der Waals surface area (Å²) in [6.45, 7) is 0.376. The van der Waals surface area contributed by atoms with Gasteiger partial charge in [-0.25, -0.2) is 18.0 Å². The zero-order valence-corrected chi connectivity index (χ0v) is 16.4. The van der Waals surface area contributed by atoms with E-state index in [1.165, 1.54) is 0 Å². The van der Waals surface area contributed by atoms with Crippen molar-refractivity contribution in [3.05, 3.63) is 94.8 Å². The number of amides is 1. The Morgan fingerprint density at radius 3 is 2.23 bits per heavy atom. The molecular formula is C25H18F3NO2. The lowest BCUT2D eigenvalue weighted by molar-refractivity contribution is 0.143. The van der Waals surface area contributed by atoms with Gasteiger partial charge in [0, 0.05) is 18.9 Å². The third kappa shape index (κ3) is 4.26. The van der Waals surface area contributed by atoms with Crippen molar-refractivity contribution >= 4 is 6.09 Å². The molecule has 1 N–H and O–H groups in total. The van der Waals surface area contributed by atoms with E-state index in [1.807, 2.05) is 36.4 Å². The molecule has 0 radical (unpaired) electrons. The Labute approximate surface area is 177 Å². The van der Waals surface area contributed by atoms with E-state index in [4.69, 9.17) is 4.74 Å². The summed E-state index contributed by atoms with van der Waals surface area (Å²) in [7, 11) is 0.